The van der Waals surface area contributed by atoms with Gasteiger partial charge in [0.1, 0.15) is 5.82 Å². The number of hydrogen-bond acceptors (Lipinski definition) is 2. The maximum Gasteiger partial charge on any atom is 0.254 e. The molecular weight excluding hydrogens is 319 g/mol. The number of carbonyl (C=O) groups is 2. The Kier molecular flexibility index (Phi) is 5.12. The van der Waals surface area contributed by atoms with Gasteiger partial charge in [0.2, 0.25) is 5.91 Å². The third-order valence-corrected chi connectivity index (χ3v) is 4.59. The van der Waals surface area contributed by atoms with Crippen molar-refractivity contribution in [1.29, 1.82) is 0 Å². The minimum Gasteiger partial charge on any atom is -0.339 e. The van der Waals surface area contributed by atoms with Crippen LogP contribution in [0.3, 0.4) is 0 Å². The second-order valence-electron chi connectivity index (χ2n) is 6.26. The fraction of sp³-hybridized carbons (Fsp3) is 0.300. The minimum absolute atomic E-state index is 0.000646. The molecule has 130 valence electrons. The van der Waals surface area contributed by atoms with Gasteiger partial charge >= 0.3 is 0 Å². The first kappa shape index (κ1) is 17.1. The molecule has 0 N–H and O–H groups in total. The number of halogens is 1. The van der Waals surface area contributed by atoms with Crippen LogP contribution in [0, 0.1) is 12.7 Å². The lowest BCUT2D eigenvalue weighted by atomic mass is 10.1. The molecule has 4 nitrogen and oxygen atoms in total. The summed E-state index contributed by atoms with van der Waals surface area (Å²) in [5.41, 5.74) is 2.06. The Morgan fingerprint density at radius 3 is 2.20 bits per heavy atom. The van der Waals surface area contributed by atoms with Crippen molar-refractivity contribution in [3.8, 4) is 0 Å². The van der Waals surface area contributed by atoms with Crippen LogP contribution in [0.1, 0.15) is 21.5 Å². The van der Waals surface area contributed by atoms with Gasteiger partial charge in [0.25, 0.3) is 5.91 Å². The maximum absolute atomic E-state index is 13.7. The van der Waals surface area contributed by atoms with E-state index < -0.39 is 0 Å². The fourth-order valence-corrected chi connectivity index (χ4v) is 3.06. The van der Waals surface area contributed by atoms with E-state index in [1.807, 2.05) is 31.2 Å². The molecule has 0 aliphatic carbocycles. The van der Waals surface area contributed by atoms with Crippen molar-refractivity contribution in [2.75, 3.05) is 26.2 Å². The van der Waals surface area contributed by atoms with E-state index in [0.717, 1.165) is 5.56 Å². The second kappa shape index (κ2) is 7.47. The number of rotatable bonds is 3. The van der Waals surface area contributed by atoms with Gasteiger partial charge in [-0.2, -0.15) is 0 Å². The lowest BCUT2D eigenvalue weighted by Crippen LogP contribution is -2.51. The van der Waals surface area contributed by atoms with Crippen molar-refractivity contribution in [3.05, 3.63) is 71.0 Å². The quantitative estimate of drug-likeness (QED) is 0.862. The molecule has 0 bridgehead atoms. The molecule has 1 aliphatic rings. The highest BCUT2D eigenvalue weighted by molar-refractivity contribution is 5.95. The third kappa shape index (κ3) is 3.87. The maximum atomic E-state index is 13.7. The summed E-state index contributed by atoms with van der Waals surface area (Å²) in [6.45, 7) is 3.86. The summed E-state index contributed by atoms with van der Waals surface area (Å²) < 4.78 is 13.7. The molecule has 1 heterocycles. The predicted octanol–water partition coefficient (Wildman–Crippen LogP) is 2.66. The van der Waals surface area contributed by atoms with Crippen LogP contribution in [0.2, 0.25) is 0 Å². The molecule has 0 atom stereocenters. The zero-order valence-electron chi connectivity index (χ0n) is 14.2. The van der Waals surface area contributed by atoms with E-state index in [9.17, 15) is 14.0 Å². The molecule has 2 aromatic rings. The van der Waals surface area contributed by atoms with Gasteiger partial charge in [-0.25, -0.2) is 4.39 Å². The molecular formula is C20H21FN2O2. The van der Waals surface area contributed by atoms with Crippen LogP contribution in [0.4, 0.5) is 4.39 Å². The molecule has 0 aromatic heterocycles. The van der Waals surface area contributed by atoms with Gasteiger partial charge in [0.05, 0.1) is 6.42 Å². The third-order valence-electron chi connectivity index (χ3n) is 4.59. The first-order valence-electron chi connectivity index (χ1n) is 8.42. The summed E-state index contributed by atoms with van der Waals surface area (Å²) in [5.74, 6) is -0.461. The predicted molar refractivity (Wildman–Crippen MR) is 93.8 cm³/mol. The zero-order valence-corrected chi connectivity index (χ0v) is 14.2. The van der Waals surface area contributed by atoms with Crippen LogP contribution < -0.4 is 0 Å². The number of carbonyl (C=O) groups excluding carboxylic acids is 2. The van der Waals surface area contributed by atoms with Crippen molar-refractivity contribution in [3.63, 3.8) is 0 Å². The van der Waals surface area contributed by atoms with Gasteiger partial charge in [-0.3, -0.25) is 9.59 Å². The molecule has 1 saturated heterocycles. The van der Waals surface area contributed by atoms with Crippen molar-refractivity contribution in [2.45, 2.75) is 13.3 Å². The summed E-state index contributed by atoms with van der Waals surface area (Å²) in [6.07, 6.45) is 0.0540. The molecule has 2 aromatic carbocycles. The SMILES string of the molecule is Cc1ccccc1C(=O)N1CCN(C(=O)Cc2ccccc2F)CC1. The highest BCUT2D eigenvalue weighted by atomic mass is 19.1. The average Bonchev–Trinajstić information content (AvgIpc) is 2.63. The molecule has 5 heteroatoms. The molecule has 3 rings (SSSR count). The van der Waals surface area contributed by atoms with Crippen LogP contribution >= 0.6 is 0 Å². The summed E-state index contributed by atoms with van der Waals surface area (Å²) in [4.78, 5) is 28.5. The first-order valence-corrected chi connectivity index (χ1v) is 8.42. The summed E-state index contributed by atoms with van der Waals surface area (Å²) >= 11 is 0. The van der Waals surface area contributed by atoms with Crippen molar-refractivity contribution < 1.29 is 14.0 Å². The molecule has 1 fully saturated rings. The number of nitrogens with zero attached hydrogens (tertiary/aromatic N) is 2. The van der Waals surface area contributed by atoms with E-state index in [1.165, 1.54) is 6.07 Å². The average molecular weight is 340 g/mol. The van der Waals surface area contributed by atoms with E-state index in [0.29, 0.717) is 37.3 Å². The lowest BCUT2D eigenvalue weighted by Gasteiger charge is -2.35. The van der Waals surface area contributed by atoms with Crippen LogP contribution in [-0.2, 0) is 11.2 Å². The van der Waals surface area contributed by atoms with E-state index in [1.54, 1.807) is 28.0 Å². The van der Waals surface area contributed by atoms with Crippen LogP contribution in [-0.4, -0.2) is 47.8 Å². The standard InChI is InChI=1S/C20H21FN2O2/c1-15-6-2-4-8-17(15)20(25)23-12-10-22(11-13-23)19(24)14-16-7-3-5-9-18(16)21/h2-9H,10-14H2,1H3. The van der Waals surface area contributed by atoms with Crippen molar-refractivity contribution in [2.24, 2.45) is 0 Å². The Morgan fingerprint density at radius 2 is 1.52 bits per heavy atom. The van der Waals surface area contributed by atoms with Gasteiger partial charge in [0, 0.05) is 31.7 Å². The van der Waals surface area contributed by atoms with Gasteiger partial charge in [-0.15, -0.1) is 0 Å². The minimum atomic E-state index is -0.357. The smallest absolute Gasteiger partial charge is 0.254 e. The number of benzene rings is 2. The van der Waals surface area contributed by atoms with Crippen LogP contribution in [0.5, 0.6) is 0 Å². The highest BCUT2D eigenvalue weighted by Crippen LogP contribution is 2.14. The molecule has 1 aliphatic heterocycles. The monoisotopic (exact) mass is 340 g/mol. The molecule has 0 spiro atoms. The second-order valence-corrected chi connectivity index (χ2v) is 6.26. The number of amides is 2. The van der Waals surface area contributed by atoms with E-state index in [-0.39, 0.29) is 24.1 Å². The highest BCUT2D eigenvalue weighted by Gasteiger charge is 2.25. The Bertz CT molecular complexity index is 783. The van der Waals surface area contributed by atoms with Crippen molar-refractivity contribution >= 4 is 11.8 Å². The van der Waals surface area contributed by atoms with E-state index >= 15 is 0 Å². The Balaban J connectivity index is 1.58. The van der Waals surface area contributed by atoms with Crippen molar-refractivity contribution in [1.82, 2.24) is 9.80 Å². The van der Waals surface area contributed by atoms with Gasteiger partial charge < -0.3 is 9.80 Å². The van der Waals surface area contributed by atoms with Gasteiger partial charge in [-0.05, 0) is 30.2 Å². The normalized spacial score (nSPS) is 14.5. The Labute approximate surface area is 146 Å². The number of aryl methyl sites for hydroxylation is 1. The Morgan fingerprint density at radius 1 is 0.920 bits per heavy atom. The molecule has 25 heavy (non-hydrogen) atoms. The number of hydrogen-bond donors (Lipinski definition) is 0. The van der Waals surface area contributed by atoms with Crippen LogP contribution in [0.25, 0.3) is 0 Å². The molecule has 0 unspecified atom stereocenters. The summed E-state index contributed by atoms with van der Waals surface area (Å²) in [7, 11) is 0. The zero-order chi connectivity index (χ0) is 17.8. The topological polar surface area (TPSA) is 40.6 Å². The first-order chi connectivity index (χ1) is 12.1. The van der Waals surface area contributed by atoms with Gasteiger partial charge in [0.15, 0.2) is 0 Å². The number of piperazine rings is 1. The molecule has 2 amide bonds. The fourth-order valence-electron chi connectivity index (χ4n) is 3.06. The Hall–Kier alpha value is -2.69. The lowest BCUT2D eigenvalue weighted by molar-refractivity contribution is -0.132. The molecule has 0 radical (unpaired) electrons. The summed E-state index contributed by atoms with van der Waals surface area (Å²) in [6, 6.07) is 13.8. The van der Waals surface area contributed by atoms with Gasteiger partial charge in [-0.1, -0.05) is 36.4 Å². The molecule has 0 saturated carbocycles. The van der Waals surface area contributed by atoms with E-state index in [2.05, 4.69) is 0 Å². The van der Waals surface area contributed by atoms with E-state index in [4.69, 9.17) is 0 Å². The van der Waals surface area contributed by atoms with Crippen LogP contribution in [0.15, 0.2) is 48.5 Å². The summed E-state index contributed by atoms with van der Waals surface area (Å²) in [5, 5.41) is 0. The largest absolute Gasteiger partial charge is 0.339 e.